The number of nitrogens with zero attached hydrogens (tertiary/aromatic N) is 2. The summed E-state index contributed by atoms with van der Waals surface area (Å²) < 4.78 is 5.70. The summed E-state index contributed by atoms with van der Waals surface area (Å²) in [6, 6.07) is 22.7. The number of amidine groups is 1. The monoisotopic (exact) mass is 485 g/mol. The molecule has 0 spiro atoms. The molecule has 1 aliphatic rings. The second-order valence-electron chi connectivity index (χ2n) is 8.10. The van der Waals surface area contributed by atoms with E-state index in [9.17, 15) is 9.59 Å². The predicted octanol–water partition coefficient (Wildman–Crippen LogP) is 5.94. The van der Waals surface area contributed by atoms with E-state index in [-0.39, 0.29) is 18.4 Å². The minimum Gasteiger partial charge on any atom is -0.484 e. The van der Waals surface area contributed by atoms with Crippen molar-refractivity contribution in [3.05, 3.63) is 94.4 Å². The number of hydrogen-bond acceptors (Lipinski definition) is 5. The lowest BCUT2D eigenvalue weighted by atomic mass is 10.1. The number of aliphatic imine (C=N–C) groups is 1. The van der Waals surface area contributed by atoms with Crippen LogP contribution in [-0.2, 0) is 9.59 Å². The first kappa shape index (κ1) is 24.3. The van der Waals surface area contributed by atoms with Crippen LogP contribution in [0.25, 0.3) is 6.08 Å². The van der Waals surface area contributed by atoms with Crippen molar-refractivity contribution in [3.8, 4) is 5.75 Å². The van der Waals surface area contributed by atoms with Gasteiger partial charge < -0.3 is 10.1 Å². The van der Waals surface area contributed by atoms with E-state index in [2.05, 4.69) is 10.3 Å². The third-order valence-electron chi connectivity index (χ3n) is 5.50. The smallest absolute Gasteiger partial charge is 0.266 e. The zero-order valence-electron chi connectivity index (χ0n) is 19.9. The van der Waals surface area contributed by atoms with Crippen LogP contribution in [0.1, 0.15) is 23.6 Å². The van der Waals surface area contributed by atoms with Crippen molar-refractivity contribution in [2.75, 3.05) is 18.5 Å². The fourth-order valence-electron chi connectivity index (χ4n) is 3.49. The summed E-state index contributed by atoms with van der Waals surface area (Å²) in [4.78, 5) is 32.2. The van der Waals surface area contributed by atoms with Crippen molar-refractivity contribution in [1.29, 1.82) is 0 Å². The fraction of sp³-hybridized carbons (Fsp3) is 0.179. The Morgan fingerprint density at radius 2 is 1.83 bits per heavy atom. The van der Waals surface area contributed by atoms with E-state index in [0.717, 1.165) is 22.5 Å². The van der Waals surface area contributed by atoms with Crippen LogP contribution in [0.5, 0.6) is 5.75 Å². The number of aryl methyl sites for hydroxylation is 2. The van der Waals surface area contributed by atoms with Crippen LogP contribution in [0.4, 0.5) is 11.4 Å². The molecule has 0 radical (unpaired) electrons. The number of hydrogen-bond donors (Lipinski definition) is 1. The van der Waals surface area contributed by atoms with E-state index in [4.69, 9.17) is 4.74 Å². The molecule has 4 rings (SSSR count). The normalized spacial score (nSPS) is 15.6. The van der Waals surface area contributed by atoms with Crippen molar-refractivity contribution in [3.63, 3.8) is 0 Å². The largest absolute Gasteiger partial charge is 0.484 e. The van der Waals surface area contributed by atoms with Gasteiger partial charge in [0.05, 0.1) is 10.6 Å². The highest BCUT2D eigenvalue weighted by molar-refractivity contribution is 8.18. The summed E-state index contributed by atoms with van der Waals surface area (Å²) in [7, 11) is 0. The van der Waals surface area contributed by atoms with E-state index in [1.165, 1.54) is 17.3 Å². The summed E-state index contributed by atoms with van der Waals surface area (Å²) in [5.74, 6) is 0.237. The Labute approximate surface area is 209 Å². The Hall–Kier alpha value is -3.84. The van der Waals surface area contributed by atoms with Gasteiger partial charge in [-0.1, -0.05) is 36.4 Å². The number of benzene rings is 3. The first-order chi connectivity index (χ1) is 16.9. The Morgan fingerprint density at radius 1 is 1.03 bits per heavy atom. The van der Waals surface area contributed by atoms with Crippen molar-refractivity contribution in [2.45, 2.75) is 20.8 Å². The van der Waals surface area contributed by atoms with Gasteiger partial charge in [-0.05, 0) is 91.7 Å². The average Bonchev–Trinajstić information content (AvgIpc) is 3.14. The molecule has 1 N–H and O–H groups in total. The van der Waals surface area contributed by atoms with Crippen molar-refractivity contribution < 1.29 is 14.3 Å². The quantitative estimate of drug-likeness (QED) is 0.420. The summed E-state index contributed by atoms with van der Waals surface area (Å²) in [5.41, 5.74) is 4.64. The fourth-order valence-corrected chi connectivity index (χ4v) is 4.56. The summed E-state index contributed by atoms with van der Waals surface area (Å²) in [6.45, 7) is 6.39. The Morgan fingerprint density at radius 3 is 2.57 bits per heavy atom. The molecule has 0 aliphatic carbocycles. The minimum atomic E-state index is -0.237. The molecule has 0 unspecified atom stereocenters. The van der Waals surface area contributed by atoms with Crippen molar-refractivity contribution >= 4 is 46.2 Å². The van der Waals surface area contributed by atoms with E-state index >= 15 is 0 Å². The van der Waals surface area contributed by atoms with Gasteiger partial charge in [-0.25, -0.2) is 4.99 Å². The van der Waals surface area contributed by atoms with Crippen molar-refractivity contribution in [2.24, 2.45) is 4.99 Å². The zero-order chi connectivity index (χ0) is 24.8. The Balaban J connectivity index is 1.43. The lowest BCUT2D eigenvalue weighted by Gasteiger charge is -2.11. The van der Waals surface area contributed by atoms with Gasteiger partial charge in [-0.2, -0.15) is 0 Å². The molecule has 6 nitrogen and oxygen atoms in total. The third kappa shape index (κ3) is 6.19. The molecule has 178 valence electrons. The maximum absolute atomic E-state index is 12.9. The SMILES string of the molecule is CCN1C(=O)C(=Cc2cccc(OCC(=O)Nc3ccc(C)c(C)c3)c2)SC1=Nc1ccccc1. The van der Waals surface area contributed by atoms with Crippen LogP contribution in [0.3, 0.4) is 0 Å². The van der Waals surface area contributed by atoms with Gasteiger partial charge in [0.15, 0.2) is 11.8 Å². The molecule has 35 heavy (non-hydrogen) atoms. The summed E-state index contributed by atoms with van der Waals surface area (Å²) in [5, 5.41) is 3.51. The van der Waals surface area contributed by atoms with E-state index < -0.39 is 0 Å². The highest BCUT2D eigenvalue weighted by atomic mass is 32.2. The number of amides is 2. The maximum Gasteiger partial charge on any atom is 0.266 e. The number of ether oxygens (including phenoxy) is 1. The van der Waals surface area contributed by atoms with E-state index in [0.29, 0.717) is 22.4 Å². The molecular formula is C28H27N3O3S. The Bertz CT molecular complexity index is 1300. The van der Waals surface area contributed by atoms with Crippen LogP contribution in [0.2, 0.25) is 0 Å². The van der Waals surface area contributed by atoms with Crippen LogP contribution in [-0.4, -0.2) is 35.0 Å². The van der Waals surface area contributed by atoms with Crippen LogP contribution < -0.4 is 10.1 Å². The number of rotatable bonds is 7. The second-order valence-corrected chi connectivity index (χ2v) is 9.11. The van der Waals surface area contributed by atoms with Gasteiger partial charge in [0.2, 0.25) is 0 Å². The first-order valence-electron chi connectivity index (χ1n) is 11.4. The predicted molar refractivity (Wildman–Crippen MR) is 143 cm³/mol. The van der Waals surface area contributed by atoms with Gasteiger partial charge in [0.25, 0.3) is 11.8 Å². The lowest BCUT2D eigenvalue weighted by molar-refractivity contribution is -0.122. The molecule has 1 heterocycles. The molecule has 3 aromatic rings. The van der Waals surface area contributed by atoms with Gasteiger partial charge >= 0.3 is 0 Å². The molecule has 1 aliphatic heterocycles. The molecule has 0 atom stereocenters. The minimum absolute atomic E-state index is 0.0775. The van der Waals surface area contributed by atoms with E-state index in [1.807, 2.05) is 93.6 Å². The number of nitrogens with one attached hydrogen (secondary N) is 1. The molecule has 0 bridgehead atoms. The molecule has 1 fully saturated rings. The number of likely N-dealkylation sites (N-methyl/N-ethyl adjacent to an activating group) is 1. The highest BCUT2D eigenvalue weighted by Gasteiger charge is 2.32. The summed E-state index contributed by atoms with van der Waals surface area (Å²) in [6.07, 6.45) is 1.82. The second kappa shape index (κ2) is 11.1. The van der Waals surface area contributed by atoms with Gasteiger partial charge in [0.1, 0.15) is 5.75 Å². The number of carbonyl (C=O) groups is 2. The zero-order valence-corrected chi connectivity index (χ0v) is 20.8. The molecule has 3 aromatic carbocycles. The van der Waals surface area contributed by atoms with Crippen molar-refractivity contribution in [1.82, 2.24) is 4.90 Å². The molecule has 2 amide bonds. The number of thioether (sulfide) groups is 1. The molecular weight excluding hydrogens is 458 g/mol. The standard InChI is InChI=1S/C28H27N3O3S/c1-4-31-27(33)25(35-28(31)30-22-10-6-5-7-11-22)17-21-9-8-12-24(16-21)34-18-26(32)29-23-14-13-19(2)20(3)15-23/h5-17H,4,18H2,1-3H3,(H,29,32). The molecule has 0 aromatic heterocycles. The van der Waals surface area contributed by atoms with Crippen LogP contribution in [0, 0.1) is 13.8 Å². The summed E-state index contributed by atoms with van der Waals surface area (Å²) >= 11 is 1.35. The highest BCUT2D eigenvalue weighted by Crippen LogP contribution is 2.34. The van der Waals surface area contributed by atoms with Crippen LogP contribution in [0.15, 0.2) is 82.7 Å². The van der Waals surface area contributed by atoms with Gasteiger partial charge in [-0.15, -0.1) is 0 Å². The molecule has 1 saturated heterocycles. The van der Waals surface area contributed by atoms with E-state index in [1.54, 1.807) is 11.0 Å². The average molecular weight is 486 g/mol. The number of anilines is 1. The number of carbonyl (C=O) groups excluding carboxylic acids is 2. The Kier molecular flexibility index (Phi) is 7.67. The van der Waals surface area contributed by atoms with Gasteiger partial charge in [-0.3, -0.25) is 14.5 Å². The molecule has 7 heteroatoms. The van der Waals surface area contributed by atoms with Gasteiger partial charge in [0, 0.05) is 12.2 Å². The van der Waals surface area contributed by atoms with Crippen LogP contribution >= 0.6 is 11.8 Å². The topological polar surface area (TPSA) is 71.0 Å². The first-order valence-corrected chi connectivity index (χ1v) is 12.2. The molecule has 0 saturated carbocycles. The third-order valence-corrected chi connectivity index (χ3v) is 6.51. The lowest BCUT2D eigenvalue weighted by Crippen LogP contribution is -2.28. The number of para-hydroxylation sites is 1. The maximum atomic E-state index is 12.9.